The summed E-state index contributed by atoms with van der Waals surface area (Å²) in [5, 5.41) is 19.1. The van der Waals surface area contributed by atoms with Gasteiger partial charge in [-0.1, -0.05) is 12.2 Å². The Hall–Kier alpha value is -1.38. The Morgan fingerprint density at radius 2 is 1.92 bits per heavy atom. The second-order valence-corrected chi connectivity index (χ2v) is 4.00. The number of allylic oxidation sites excluding steroid dienone is 1. The molecule has 0 amide bonds. The first-order valence-corrected chi connectivity index (χ1v) is 4.50. The number of nitrogens with one attached hydrogen (secondary N) is 1. The molecular weight excluding hydrogens is 166 g/mol. The summed E-state index contributed by atoms with van der Waals surface area (Å²) >= 11 is 0. The van der Waals surface area contributed by atoms with E-state index in [1.54, 1.807) is 0 Å². The van der Waals surface area contributed by atoms with Crippen LogP contribution in [0.2, 0.25) is 0 Å². The number of hydrogen-bond acceptors (Lipinski definition) is 2. The quantitative estimate of drug-likeness (QED) is 0.530. The van der Waals surface area contributed by atoms with E-state index in [0.717, 1.165) is 24.0 Å². The van der Waals surface area contributed by atoms with Crippen LogP contribution in [0.1, 0.15) is 35.8 Å². The van der Waals surface area contributed by atoms with Crippen LogP contribution in [0.3, 0.4) is 0 Å². The molecule has 1 aromatic rings. The molecule has 3 heteroatoms. The van der Waals surface area contributed by atoms with E-state index in [2.05, 4.69) is 11.6 Å². The average molecular weight is 177 g/mol. The molecule has 1 fully saturated rings. The first kappa shape index (κ1) is 7.06. The molecule has 2 unspecified atom stereocenters. The van der Waals surface area contributed by atoms with Crippen molar-refractivity contribution in [3.05, 3.63) is 23.3 Å². The zero-order valence-corrected chi connectivity index (χ0v) is 7.17. The van der Waals surface area contributed by atoms with Gasteiger partial charge in [0.2, 0.25) is 0 Å². The van der Waals surface area contributed by atoms with Crippen molar-refractivity contribution in [3.8, 4) is 11.8 Å². The van der Waals surface area contributed by atoms with Crippen LogP contribution in [-0.2, 0) is 0 Å². The minimum atomic E-state index is 0.126. The van der Waals surface area contributed by atoms with Gasteiger partial charge in [0.15, 0.2) is 11.8 Å². The Balaban J connectivity index is 2.28. The van der Waals surface area contributed by atoms with Crippen LogP contribution >= 0.6 is 0 Å². The highest BCUT2D eigenvalue weighted by Gasteiger charge is 2.44. The smallest absolute Gasteiger partial charge is 0.195 e. The fourth-order valence-electron chi connectivity index (χ4n) is 2.80. The molecule has 0 radical (unpaired) electrons. The molecule has 2 atom stereocenters. The largest absolute Gasteiger partial charge is 0.494 e. The molecular formula is C10H11NO2. The highest BCUT2D eigenvalue weighted by Crippen LogP contribution is 2.60. The molecule has 0 saturated heterocycles. The summed E-state index contributed by atoms with van der Waals surface area (Å²) in [4.78, 5) is 2.57. The van der Waals surface area contributed by atoms with E-state index < -0.39 is 0 Å². The zero-order chi connectivity index (χ0) is 9.16. The van der Waals surface area contributed by atoms with Crippen LogP contribution in [-0.4, -0.2) is 15.2 Å². The van der Waals surface area contributed by atoms with Crippen molar-refractivity contribution >= 4 is 0 Å². The molecule has 0 aliphatic heterocycles. The van der Waals surface area contributed by atoms with Crippen molar-refractivity contribution < 1.29 is 10.2 Å². The van der Waals surface area contributed by atoms with Gasteiger partial charge < -0.3 is 10.2 Å². The van der Waals surface area contributed by atoms with E-state index in [0.29, 0.717) is 5.92 Å². The summed E-state index contributed by atoms with van der Waals surface area (Å²) in [7, 11) is 0. The van der Waals surface area contributed by atoms with Crippen molar-refractivity contribution in [2.75, 3.05) is 0 Å². The molecule has 0 spiro atoms. The molecule has 2 aliphatic rings. The lowest BCUT2D eigenvalue weighted by Gasteiger charge is -2.12. The van der Waals surface area contributed by atoms with Gasteiger partial charge in [-0.3, -0.25) is 4.98 Å². The van der Waals surface area contributed by atoms with Gasteiger partial charge in [0.1, 0.15) is 0 Å². The van der Waals surface area contributed by atoms with E-state index in [-0.39, 0.29) is 17.7 Å². The van der Waals surface area contributed by atoms with Gasteiger partial charge in [0, 0.05) is 17.0 Å². The van der Waals surface area contributed by atoms with E-state index in [1.807, 2.05) is 0 Å². The lowest BCUT2D eigenvalue weighted by Crippen LogP contribution is -1.96. The Morgan fingerprint density at radius 3 is 2.69 bits per heavy atom. The average Bonchev–Trinajstić information content (AvgIpc) is 2.64. The summed E-state index contributed by atoms with van der Waals surface area (Å²) < 4.78 is 0. The van der Waals surface area contributed by atoms with E-state index in [1.165, 1.54) is 5.57 Å². The van der Waals surface area contributed by atoms with Gasteiger partial charge in [-0.15, -0.1) is 0 Å². The van der Waals surface area contributed by atoms with E-state index >= 15 is 0 Å². The number of aromatic nitrogens is 1. The van der Waals surface area contributed by atoms with Crippen LogP contribution in [0.4, 0.5) is 0 Å². The molecule has 1 saturated carbocycles. The Labute approximate surface area is 75.7 Å². The van der Waals surface area contributed by atoms with E-state index in [9.17, 15) is 10.2 Å². The molecule has 3 rings (SSSR count). The predicted molar refractivity (Wildman–Crippen MR) is 48.0 cm³/mol. The molecule has 1 heterocycles. The summed E-state index contributed by atoms with van der Waals surface area (Å²) in [6, 6.07) is 0. The minimum absolute atomic E-state index is 0.126. The highest BCUT2D eigenvalue weighted by molar-refractivity contribution is 5.57. The predicted octanol–water partition coefficient (Wildman–Crippen LogP) is 1.96. The molecule has 1 aromatic heterocycles. The van der Waals surface area contributed by atoms with Crippen molar-refractivity contribution in [2.24, 2.45) is 0 Å². The normalized spacial score (nSPS) is 29.7. The SMILES string of the molecule is C=C1CC2CC1c1c(O)[nH]c(O)c12. The fraction of sp³-hybridized carbons (Fsp3) is 0.400. The van der Waals surface area contributed by atoms with Gasteiger partial charge in [-0.05, 0) is 18.8 Å². The molecule has 2 bridgehead atoms. The number of fused-ring (bicyclic) bond motifs is 5. The van der Waals surface area contributed by atoms with Crippen LogP contribution in [0.25, 0.3) is 0 Å². The number of rotatable bonds is 0. The monoisotopic (exact) mass is 177 g/mol. The molecule has 13 heavy (non-hydrogen) atoms. The Bertz CT molecular complexity index is 405. The minimum Gasteiger partial charge on any atom is -0.494 e. The van der Waals surface area contributed by atoms with Gasteiger partial charge in [0.05, 0.1) is 0 Å². The molecule has 68 valence electrons. The van der Waals surface area contributed by atoms with Gasteiger partial charge in [-0.25, -0.2) is 0 Å². The third-order valence-electron chi connectivity index (χ3n) is 3.32. The summed E-state index contributed by atoms with van der Waals surface area (Å²) in [6.45, 7) is 3.98. The van der Waals surface area contributed by atoms with Gasteiger partial charge >= 0.3 is 0 Å². The maximum absolute atomic E-state index is 9.54. The first-order valence-electron chi connectivity index (χ1n) is 4.50. The molecule has 0 aromatic carbocycles. The maximum atomic E-state index is 9.54. The standard InChI is InChI=1S/C10H11NO2/c1-4-2-5-3-6(4)8-7(5)9(12)11-10(8)13/h5-6,11-13H,1-3H2. The lowest BCUT2D eigenvalue weighted by molar-refractivity contribution is 0.417. The lowest BCUT2D eigenvalue weighted by atomic mass is 9.91. The zero-order valence-electron chi connectivity index (χ0n) is 7.17. The third-order valence-corrected chi connectivity index (χ3v) is 3.32. The van der Waals surface area contributed by atoms with Crippen molar-refractivity contribution in [2.45, 2.75) is 24.7 Å². The summed E-state index contributed by atoms with van der Waals surface area (Å²) in [5.41, 5.74) is 3.00. The highest BCUT2D eigenvalue weighted by atomic mass is 16.3. The van der Waals surface area contributed by atoms with Crippen LogP contribution in [0, 0.1) is 0 Å². The Kier molecular flexibility index (Phi) is 1.04. The first-order chi connectivity index (χ1) is 6.18. The summed E-state index contributed by atoms with van der Waals surface area (Å²) in [6.07, 6.45) is 1.97. The third kappa shape index (κ3) is 0.658. The fourth-order valence-corrected chi connectivity index (χ4v) is 2.80. The van der Waals surface area contributed by atoms with Crippen molar-refractivity contribution in [1.29, 1.82) is 0 Å². The van der Waals surface area contributed by atoms with Gasteiger partial charge in [-0.2, -0.15) is 0 Å². The number of hydrogen-bond donors (Lipinski definition) is 3. The Morgan fingerprint density at radius 1 is 1.23 bits per heavy atom. The maximum Gasteiger partial charge on any atom is 0.195 e. The second-order valence-electron chi connectivity index (χ2n) is 4.00. The van der Waals surface area contributed by atoms with E-state index in [4.69, 9.17) is 0 Å². The second kappa shape index (κ2) is 1.92. The van der Waals surface area contributed by atoms with Gasteiger partial charge in [0.25, 0.3) is 0 Å². The molecule has 3 nitrogen and oxygen atoms in total. The van der Waals surface area contributed by atoms with Crippen LogP contribution in [0.5, 0.6) is 11.8 Å². The molecule has 2 aliphatic carbocycles. The van der Waals surface area contributed by atoms with Crippen LogP contribution in [0.15, 0.2) is 12.2 Å². The van der Waals surface area contributed by atoms with Crippen molar-refractivity contribution in [3.63, 3.8) is 0 Å². The number of aromatic amines is 1. The summed E-state index contributed by atoms with van der Waals surface area (Å²) in [5.74, 6) is 0.926. The number of aromatic hydroxyl groups is 2. The topological polar surface area (TPSA) is 56.2 Å². The van der Waals surface area contributed by atoms with Crippen LogP contribution < -0.4 is 0 Å². The van der Waals surface area contributed by atoms with Crippen molar-refractivity contribution in [1.82, 2.24) is 4.98 Å². The number of H-pyrrole nitrogens is 1. The molecule has 3 N–H and O–H groups in total.